The molecule has 3 unspecified atom stereocenters. The summed E-state index contributed by atoms with van der Waals surface area (Å²) in [6.45, 7) is 8.66. The van der Waals surface area contributed by atoms with Gasteiger partial charge in [-0.15, -0.1) is 0 Å². The van der Waals surface area contributed by atoms with Crippen molar-refractivity contribution in [3.8, 4) is 0 Å². The molecule has 0 saturated carbocycles. The average Bonchev–Trinajstić information content (AvgIpc) is 2.27. The summed E-state index contributed by atoms with van der Waals surface area (Å²) in [5, 5.41) is 9.31. The minimum absolute atomic E-state index is 0.193. The molecule has 0 aromatic heterocycles. The van der Waals surface area contributed by atoms with Crippen molar-refractivity contribution in [2.75, 3.05) is 19.7 Å². The Bertz CT molecular complexity index is 356. The van der Waals surface area contributed by atoms with Crippen LogP contribution in [0.4, 0.5) is 0 Å². The molecular weight excluding hydrogens is 252 g/mol. The van der Waals surface area contributed by atoms with Gasteiger partial charge in [-0.25, -0.2) is 0 Å². The standard InChI is InChI=1S/C12H26N2O3S/c1-5-12(4,9-15)13-18(16,17)14-7-10(2)6-11(3)8-14/h10-11,13,15H,5-9H2,1-4H3. The summed E-state index contributed by atoms with van der Waals surface area (Å²) >= 11 is 0. The molecule has 0 aliphatic carbocycles. The van der Waals surface area contributed by atoms with Crippen LogP contribution in [0.15, 0.2) is 0 Å². The lowest BCUT2D eigenvalue weighted by Gasteiger charge is -2.37. The predicted molar refractivity (Wildman–Crippen MR) is 72.4 cm³/mol. The topological polar surface area (TPSA) is 69.6 Å². The first-order valence-corrected chi connectivity index (χ1v) is 8.06. The van der Waals surface area contributed by atoms with Crippen LogP contribution in [0.3, 0.4) is 0 Å². The van der Waals surface area contributed by atoms with Gasteiger partial charge < -0.3 is 5.11 Å². The van der Waals surface area contributed by atoms with Gasteiger partial charge >= 0.3 is 0 Å². The largest absolute Gasteiger partial charge is 0.394 e. The number of nitrogens with one attached hydrogen (secondary N) is 1. The predicted octanol–water partition coefficient (Wildman–Crippen LogP) is 0.960. The van der Waals surface area contributed by atoms with Crippen LogP contribution in [0.2, 0.25) is 0 Å². The first kappa shape index (κ1) is 15.9. The highest BCUT2D eigenvalue weighted by Gasteiger charge is 2.35. The van der Waals surface area contributed by atoms with Crippen LogP contribution < -0.4 is 4.72 Å². The van der Waals surface area contributed by atoms with Crippen molar-refractivity contribution >= 4 is 10.2 Å². The molecule has 0 aromatic rings. The van der Waals surface area contributed by atoms with Gasteiger partial charge in [0.05, 0.1) is 12.1 Å². The molecule has 5 nitrogen and oxygen atoms in total. The molecule has 0 amide bonds. The van der Waals surface area contributed by atoms with Crippen molar-refractivity contribution in [3.05, 3.63) is 0 Å². The number of hydrogen-bond acceptors (Lipinski definition) is 3. The molecule has 108 valence electrons. The molecule has 2 N–H and O–H groups in total. The normalized spacial score (nSPS) is 30.1. The minimum Gasteiger partial charge on any atom is -0.394 e. The van der Waals surface area contributed by atoms with Crippen LogP contribution >= 0.6 is 0 Å². The summed E-state index contributed by atoms with van der Waals surface area (Å²) in [5.41, 5.74) is -0.775. The maximum atomic E-state index is 12.3. The van der Waals surface area contributed by atoms with Gasteiger partial charge in [-0.1, -0.05) is 20.8 Å². The number of nitrogens with zero attached hydrogens (tertiary/aromatic N) is 1. The Morgan fingerprint density at radius 3 is 2.22 bits per heavy atom. The number of rotatable bonds is 5. The molecule has 6 heteroatoms. The van der Waals surface area contributed by atoms with E-state index >= 15 is 0 Å². The quantitative estimate of drug-likeness (QED) is 0.787. The van der Waals surface area contributed by atoms with E-state index in [0.717, 1.165) is 6.42 Å². The fraction of sp³-hybridized carbons (Fsp3) is 1.00. The number of aliphatic hydroxyl groups excluding tert-OH is 1. The van der Waals surface area contributed by atoms with Crippen molar-refractivity contribution in [2.24, 2.45) is 11.8 Å². The van der Waals surface area contributed by atoms with Crippen molar-refractivity contribution in [1.82, 2.24) is 9.03 Å². The van der Waals surface area contributed by atoms with Crippen molar-refractivity contribution in [1.29, 1.82) is 0 Å². The molecule has 0 bridgehead atoms. The molecule has 1 heterocycles. The zero-order valence-electron chi connectivity index (χ0n) is 11.8. The van der Waals surface area contributed by atoms with Gasteiger partial charge in [0, 0.05) is 13.1 Å². The third kappa shape index (κ3) is 3.91. The van der Waals surface area contributed by atoms with Gasteiger partial charge in [0.2, 0.25) is 0 Å². The summed E-state index contributed by atoms with van der Waals surface area (Å²) in [4.78, 5) is 0. The molecule has 3 atom stereocenters. The van der Waals surface area contributed by atoms with E-state index in [1.807, 2.05) is 6.92 Å². The van der Waals surface area contributed by atoms with Gasteiger partial charge in [-0.05, 0) is 31.6 Å². The lowest BCUT2D eigenvalue weighted by atomic mass is 9.94. The summed E-state index contributed by atoms with van der Waals surface area (Å²) < 4.78 is 28.8. The second-order valence-corrected chi connectivity index (χ2v) is 7.61. The highest BCUT2D eigenvalue weighted by atomic mass is 32.2. The molecule has 18 heavy (non-hydrogen) atoms. The van der Waals surface area contributed by atoms with E-state index in [9.17, 15) is 13.5 Å². The van der Waals surface area contributed by atoms with Crippen LogP contribution in [0, 0.1) is 11.8 Å². The molecule has 0 aromatic carbocycles. The first-order valence-electron chi connectivity index (χ1n) is 6.62. The van der Waals surface area contributed by atoms with Crippen molar-refractivity contribution in [3.63, 3.8) is 0 Å². The highest BCUT2D eigenvalue weighted by molar-refractivity contribution is 7.87. The lowest BCUT2D eigenvalue weighted by molar-refractivity contribution is 0.180. The Morgan fingerprint density at radius 1 is 1.33 bits per heavy atom. The van der Waals surface area contributed by atoms with Gasteiger partial charge in [-0.3, -0.25) is 0 Å². The zero-order valence-corrected chi connectivity index (χ0v) is 12.6. The van der Waals surface area contributed by atoms with E-state index in [0.29, 0.717) is 31.3 Å². The van der Waals surface area contributed by atoms with E-state index < -0.39 is 15.7 Å². The number of hydrogen-bond donors (Lipinski definition) is 2. The second kappa shape index (κ2) is 5.86. The minimum atomic E-state index is -3.51. The third-order valence-corrected chi connectivity index (χ3v) is 5.41. The van der Waals surface area contributed by atoms with Gasteiger partial charge in [-0.2, -0.15) is 17.4 Å². The van der Waals surface area contributed by atoms with Gasteiger partial charge in [0.15, 0.2) is 0 Å². The monoisotopic (exact) mass is 278 g/mol. The van der Waals surface area contributed by atoms with Crippen molar-refractivity contribution < 1.29 is 13.5 Å². The Labute approximate surface area is 111 Å². The zero-order chi connectivity index (χ0) is 14.0. The molecule has 1 aliphatic heterocycles. The van der Waals surface area contributed by atoms with Crippen LogP contribution in [0.5, 0.6) is 0 Å². The summed E-state index contributed by atoms with van der Waals surface area (Å²) in [7, 11) is -3.51. The number of piperidine rings is 1. The molecule has 0 spiro atoms. The molecule has 1 rings (SSSR count). The fourth-order valence-corrected chi connectivity index (χ4v) is 4.26. The van der Waals surface area contributed by atoms with Gasteiger partial charge in [0.1, 0.15) is 0 Å². The van der Waals surface area contributed by atoms with E-state index in [1.165, 1.54) is 4.31 Å². The SMILES string of the molecule is CCC(C)(CO)NS(=O)(=O)N1CC(C)CC(C)C1. The maximum Gasteiger partial charge on any atom is 0.280 e. The Morgan fingerprint density at radius 2 is 1.83 bits per heavy atom. The summed E-state index contributed by atoms with van der Waals surface area (Å²) in [5.74, 6) is 0.764. The van der Waals surface area contributed by atoms with E-state index in [1.54, 1.807) is 6.92 Å². The van der Waals surface area contributed by atoms with Gasteiger partial charge in [0.25, 0.3) is 10.2 Å². The lowest BCUT2D eigenvalue weighted by Crippen LogP contribution is -2.56. The molecule has 1 aliphatic rings. The Balaban J connectivity index is 2.80. The maximum absolute atomic E-state index is 12.3. The summed E-state index contributed by atoms with van der Waals surface area (Å²) in [6.07, 6.45) is 1.62. The fourth-order valence-electron chi connectivity index (χ4n) is 2.39. The molecular formula is C12H26N2O3S. The van der Waals surface area contributed by atoms with Crippen LogP contribution in [0.1, 0.15) is 40.5 Å². The van der Waals surface area contributed by atoms with E-state index in [4.69, 9.17) is 0 Å². The van der Waals surface area contributed by atoms with E-state index in [2.05, 4.69) is 18.6 Å². The number of aliphatic hydroxyl groups is 1. The second-order valence-electron chi connectivity index (χ2n) is 5.94. The third-order valence-electron chi connectivity index (χ3n) is 3.68. The van der Waals surface area contributed by atoms with Crippen LogP contribution in [0.25, 0.3) is 0 Å². The Kier molecular flexibility index (Phi) is 5.17. The molecule has 1 fully saturated rings. The van der Waals surface area contributed by atoms with Crippen molar-refractivity contribution in [2.45, 2.75) is 46.1 Å². The molecule has 0 radical (unpaired) electrons. The molecule has 1 saturated heterocycles. The Hall–Kier alpha value is -0.170. The smallest absolute Gasteiger partial charge is 0.280 e. The van der Waals surface area contributed by atoms with Crippen LogP contribution in [-0.4, -0.2) is 43.1 Å². The average molecular weight is 278 g/mol. The van der Waals surface area contributed by atoms with E-state index in [-0.39, 0.29) is 6.61 Å². The van der Waals surface area contributed by atoms with Crippen LogP contribution in [-0.2, 0) is 10.2 Å². The highest BCUT2D eigenvalue weighted by Crippen LogP contribution is 2.23. The first-order chi connectivity index (χ1) is 8.22. The summed E-state index contributed by atoms with van der Waals surface area (Å²) in [6, 6.07) is 0.